The van der Waals surface area contributed by atoms with Crippen molar-refractivity contribution in [1.82, 2.24) is 10.5 Å². The van der Waals surface area contributed by atoms with Crippen molar-refractivity contribution in [2.24, 2.45) is 0 Å². The maximum Gasteiger partial charge on any atom is 0.257 e. The van der Waals surface area contributed by atoms with Crippen LogP contribution in [0.5, 0.6) is 0 Å². The van der Waals surface area contributed by atoms with E-state index in [-0.39, 0.29) is 11.7 Å². The summed E-state index contributed by atoms with van der Waals surface area (Å²) in [6, 6.07) is 11.2. The molecule has 1 aromatic heterocycles. The van der Waals surface area contributed by atoms with Crippen LogP contribution in [0.2, 0.25) is 10.0 Å². The van der Waals surface area contributed by atoms with E-state index in [2.05, 4.69) is 10.5 Å². The Morgan fingerprint density at radius 1 is 1.15 bits per heavy atom. The number of rotatable bonds is 5. The first-order valence-corrected chi connectivity index (χ1v) is 8.66. The zero-order valence-corrected chi connectivity index (χ0v) is 15.4. The molecule has 0 fully saturated rings. The van der Waals surface area contributed by atoms with Gasteiger partial charge in [-0.1, -0.05) is 46.6 Å². The molecule has 0 bridgehead atoms. The Labute approximate surface area is 159 Å². The molecule has 0 atom stereocenters. The Morgan fingerprint density at radius 2 is 1.81 bits per heavy atom. The molecule has 4 nitrogen and oxygen atoms in total. The second-order valence-electron chi connectivity index (χ2n) is 5.69. The number of amides is 1. The number of nitrogens with one attached hydrogen (secondary N) is 1. The van der Waals surface area contributed by atoms with E-state index in [0.29, 0.717) is 45.6 Å². The molecule has 0 spiro atoms. The minimum absolute atomic E-state index is 0.291. The van der Waals surface area contributed by atoms with Crippen molar-refractivity contribution in [1.29, 1.82) is 0 Å². The summed E-state index contributed by atoms with van der Waals surface area (Å²) in [6.07, 6.45) is 0.568. The average molecular weight is 393 g/mol. The van der Waals surface area contributed by atoms with E-state index < -0.39 is 0 Å². The van der Waals surface area contributed by atoms with Gasteiger partial charge in [0, 0.05) is 12.1 Å². The molecule has 3 rings (SSSR count). The van der Waals surface area contributed by atoms with Crippen LogP contribution >= 0.6 is 23.2 Å². The molecule has 0 aliphatic rings. The molecular formula is C19H15Cl2FN2O2. The highest BCUT2D eigenvalue weighted by Gasteiger charge is 2.24. The first-order chi connectivity index (χ1) is 12.5. The zero-order chi connectivity index (χ0) is 18.7. The number of nitrogens with zero attached hydrogens (tertiary/aromatic N) is 1. The van der Waals surface area contributed by atoms with Crippen LogP contribution in [0.25, 0.3) is 11.3 Å². The predicted molar refractivity (Wildman–Crippen MR) is 99.1 cm³/mol. The summed E-state index contributed by atoms with van der Waals surface area (Å²) in [5.41, 5.74) is 1.97. The van der Waals surface area contributed by atoms with Crippen molar-refractivity contribution >= 4 is 29.1 Å². The lowest BCUT2D eigenvalue weighted by molar-refractivity contribution is 0.0953. The van der Waals surface area contributed by atoms with Crippen molar-refractivity contribution in [3.8, 4) is 11.3 Å². The molecule has 7 heteroatoms. The van der Waals surface area contributed by atoms with Crippen LogP contribution in [-0.4, -0.2) is 17.6 Å². The van der Waals surface area contributed by atoms with Gasteiger partial charge in [-0.3, -0.25) is 4.79 Å². The van der Waals surface area contributed by atoms with Gasteiger partial charge < -0.3 is 9.84 Å². The third-order valence-electron chi connectivity index (χ3n) is 3.90. The minimum atomic E-state index is -0.336. The first kappa shape index (κ1) is 18.4. The number of carbonyl (C=O) groups is 1. The van der Waals surface area contributed by atoms with Gasteiger partial charge in [0.2, 0.25) is 0 Å². The van der Waals surface area contributed by atoms with Gasteiger partial charge in [-0.05, 0) is 43.2 Å². The SMILES string of the molecule is Cc1onc(-c2c(Cl)cccc2Cl)c1C(=O)NCCc1ccc(F)cc1. The fourth-order valence-electron chi connectivity index (χ4n) is 2.59. The van der Waals surface area contributed by atoms with Gasteiger partial charge in [0.15, 0.2) is 0 Å². The van der Waals surface area contributed by atoms with E-state index >= 15 is 0 Å². The highest BCUT2D eigenvalue weighted by Crippen LogP contribution is 2.36. The number of halogens is 3. The fraction of sp³-hybridized carbons (Fsp3) is 0.158. The van der Waals surface area contributed by atoms with Gasteiger partial charge in [0.1, 0.15) is 22.8 Å². The molecule has 0 radical (unpaired) electrons. The van der Waals surface area contributed by atoms with Crippen LogP contribution in [0.4, 0.5) is 4.39 Å². The quantitative estimate of drug-likeness (QED) is 0.659. The molecule has 2 aromatic carbocycles. The summed E-state index contributed by atoms with van der Waals surface area (Å²) in [5, 5.41) is 7.54. The van der Waals surface area contributed by atoms with Crippen molar-refractivity contribution in [3.05, 3.63) is 75.2 Å². The number of benzene rings is 2. The summed E-state index contributed by atoms with van der Waals surface area (Å²) in [4.78, 5) is 12.6. The van der Waals surface area contributed by atoms with E-state index in [9.17, 15) is 9.18 Å². The van der Waals surface area contributed by atoms with Crippen LogP contribution in [0, 0.1) is 12.7 Å². The van der Waals surface area contributed by atoms with E-state index in [1.807, 2.05) is 0 Å². The highest BCUT2D eigenvalue weighted by atomic mass is 35.5. The van der Waals surface area contributed by atoms with Crippen LogP contribution in [0.15, 0.2) is 47.0 Å². The van der Waals surface area contributed by atoms with E-state index in [0.717, 1.165) is 5.56 Å². The largest absolute Gasteiger partial charge is 0.360 e. The van der Waals surface area contributed by atoms with E-state index in [1.165, 1.54) is 12.1 Å². The summed E-state index contributed by atoms with van der Waals surface area (Å²) in [5.74, 6) is -0.258. The van der Waals surface area contributed by atoms with E-state index in [4.69, 9.17) is 27.7 Å². The van der Waals surface area contributed by atoms with Crippen molar-refractivity contribution in [3.63, 3.8) is 0 Å². The topological polar surface area (TPSA) is 55.1 Å². The number of carbonyl (C=O) groups excluding carboxylic acids is 1. The van der Waals surface area contributed by atoms with Gasteiger partial charge >= 0.3 is 0 Å². The number of hydrogen-bond donors (Lipinski definition) is 1. The lowest BCUT2D eigenvalue weighted by atomic mass is 10.1. The van der Waals surface area contributed by atoms with Crippen molar-refractivity contribution in [2.75, 3.05) is 6.54 Å². The Hall–Kier alpha value is -2.37. The zero-order valence-electron chi connectivity index (χ0n) is 13.9. The highest BCUT2D eigenvalue weighted by molar-refractivity contribution is 6.39. The molecule has 1 amide bonds. The Balaban J connectivity index is 1.78. The Bertz CT molecular complexity index is 919. The minimum Gasteiger partial charge on any atom is -0.360 e. The van der Waals surface area contributed by atoms with Gasteiger partial charge in [-0.15, -0.1) is 0 Å². The Morgan fingerprint density at radius 3 is 2.46 bits per heavy atom. The smallest absolute Gasteiger partial charge is 0.257 e. The molecule has 0 aliphatic carbocycles. The monoisotopic (exact) mass is 392 g/mol. The molecule has 3 aromatic rings. The summed E-state index contributed by atoms with van der Waals surface area (Å²) >= 11 is 12.4. The number of aromatic nitrogens is 1. The molecule has 26 heavy (non-hydrogen) atoms. The molecule has 1 heterocycles. The normalized spacial score (nSPS) is 10.8. The summed E-state index contributed by atoms with van der Waals surface area (Å²) in [7, 11) is 0. The molecule has 0 saturated carbocycles. The fourth-order valence-corrected chi connectivity index (χ4v) is 3.17. The maximum absolute atomic E-state index is 12.9. The summed E-state index contributed by atoms with van der Waals surface area (Å²) < 4.78 is 18.1. The third-order valence-corrected chi connectivity index (χ3v) is 4.53. The average Bonchev–Trinajstić information content (AvgIpc) is 2.98. The van der Waals surface area contributed by atoms with Crippen molar-refractivity contribution in [2.45, 2.75) is 13.3 Å². The standard InChI is InChI=1S/C19H15Cl2FN2O2/c1-11-16(18(24-26-11)17-14(20)3-2-4-15(17)21)19(25)23-10-9-12-5-7-13(22)8-6-12/h2-8H,9-10H2,1H3,(H,23,25). The molecule has 0 aliphatic heterocycles. The molecular weight excluding hydrogens is 378 g/mol. The van der Waals surface area contributed by atoms with Crippen LogP contribution in [0.1, 0.15) is 21.7 Å². The number of hydrogen-bond acceptors (Lipinski definition) is 3. The predicted octanol–water partition coefficient (Wildman–Crippen LogP) is 5.07. The summed E-state index contributed by atoms with van der Waals surface area (Å²) in [6.45, 7) is 2.03. The van der Waals surface area contributed by atoms with Crippen LogP contribution in [-0.2, 0) is 6.42 Å². The van der Waals surface area contributed by atoms with Crippen LogP contribution in [0.3, 0.4) is 0 Å². The second-order valence-corrected chi connectivity index (χ2v) is 6.51. The van der Waals surface area contributed by atoms with Crippen molar-refractivity contribution < 1.29 is 13.7 Å². The molecule has 1 N–H and O–H groups in total. The third kappa shape index (κ3) is 3.89. The van der Waals surface area contributed by atoms with Gasteiger partial charge in [0.05, 0.1) is 10.0 Å². The second kappa shape index (κ2) is 7.89. The van der Waals surface area contributed by atoms with Gasteiger partial charge in [0.25, 0.3) is 5.91 Å². The molecule has 0 unspecified atom stereocenters. The van der Waals surface area contributed by atoms with Gasteiger partial charge in [-0.2, -0.15) is 0 Å². The van der Waals surface area contributed by atoms with Crippen LogP contribution < -0.4 is 5.32 Å². The molecule has 0 saturated heterocycles. The Kier molecular flexibility index (Phi) is 5.59. The lowest BCUT2D eigenvalue weighted by Gasteiger charge is -2.08. The van der Waals surface area contributed by atoms with Gasteiger partial charge in [-0.25, -0.2) is 4.39 Å². The maximum atomic E-state index is 12.9. The lowest BCUT2D eigenvalue weighted by Crippen LogP contribution is -2.26. The van der Waals surface area contributed by atoms with E-state index in [1.54, 1.807) is 37.3 Å². The number of aryl methyl sites for hydroxylation is 1. The molecule has 134 valence electrons. The first-order valence-electron chi connectivity index (χ1n) is 7.90.